The number of aromatic amines is 1. The first-order valence-electron chi connectivity index (χ1n) is 6.98. The maximum absolute atomic E-state index is 11.8. The van der Waals surface area contributed by atoms with Crippen LogP contribution in [0.1, 0.15) is 0 Å². The number of rotatable bonds is 4. The largest absolute Gasteiger partial charge is 0.497 e. The van der Waals surface area contributed by atoms with Gasteiger partial charge in [0.05, 0.1) is 22.8 Å². The van der Waals surface area contributed by atoms with Gasteiger partial charge in [0.1, 0.15) is 17.7 Å². The molecule has 0 aliphatic carbocycles. The molecule has 128 valence electrons. The molecule has 3 aromatic rings. The van der Waals surface area contributed by atoms with Crippen LogP contribution in [0.2, 0.25) is 10.0 Å². The van der Waals surface area contributed by atoms with Crippen LogP contribution in [0, 0.1) is 0 Å². The number of nitrogens with one attached hydrogen (secondary N) is 1. The minimum atomic E-state index is -0.705. The highest BCUT2D eigenvalue weighted by Crippen LogP contribution is 2.38. The number of hydrogen-bond acceptors (Lipinski definition) is 5. The lowest BCUT2D eigenvalue weighted by atomic mass is 10.3. The van der Waals surface area contributed by atoms with Gasteiger partial charge in [-0.05, 0) is 36.4 Å². The van der Waals surface area contributed by atoms with Crippen molar-refractivity contribution in [1.82, 2.24) is 14.8 Å². The number of ether oxygens (including phenoxy) is 2. The van der Waals surface area contributed by atoms with E-state index in [9.17, 15) is 9.59 Å². The highest BCUT2D eigenvalue weighted by molar-refractivity contribution is 6.37. The molecule has 0 unspecified atom stereocenters. The number of benzene rings is 2. The van der Waals surface area contributed by atoms with Crippen molar-refractivity contribution >= 4 is 23.2 Å². The molecule has 3 rings (SSSR count). The number of hydrogen-bond donors (Lipinski definition) is 1. The van der Waals surface area contributed by atoms with Gasteiger partial charge in [0.2, 0.25) is 0 Å². The van der Waals surface area contributed by atoms with Gasteiger partial charge in [-0.2, -0.15) is 9.78 Å². The van der Waals surface area contributed by atoms with Crippen LogP contribution in [0.15, 0.2) is 52.2 Å². The molecule has 0 radical (unpaired) electrons. The molecular formula is C16H11Cl2N3O4. The summed E-state index contributed by atoms with van der Waals surface area (Å²) >= 11 is 12.5. The Morgan fingerprint density at radius 3 is 2.20 bits per heavy atom. The van der Waals surface area contributed by atoms with E-state index in [1.807, 2.05) is 0 Å². The molecular weight excluding hydrogens is 369 g/mol. The zero-order chi connectivity index (χ0) is 18.0. The Morgan fingerprint density at radius 2 is 1.64 bits per heavy atom. The molecule has 0 spiro atoms. The van der Waals surface area contributed by atoms with Gasteiger partial charge >= 0.3 is 5.69 Å². The molecule has 0 fully saturated rings. The van der Waals surface area contributed by atoms with Crippen molar-refractivity contribution in [3.8, 4) is 22.9 Å². The summed E-state index contributed by atoms with van der Waals surface area (Å²) in [4.78, 5) is 25.0. The van der Waals surface area contributed by atoms with Gasteiger partial charge in [0.25, 0.3) is 5.56 Å². The van der Waals surface area contributed by atoms with E-state index in [0.29, 0.717) is 17.2 Å². The number of H-pyrrole nitrogens is 1. The van der Waals surface area contributed by atoms with E-state index in [1.54, 1.807) is 31.4 Å². The molecule has 1 N–H and O–H groups in total. The van der Waals surface area contributed by atoms with Crippen LogP contribution in [0.3, 0.4) is 0 Å². The van der Waals surface area contributed by atoms with E-state index >= 15 is 0 Å². The van der Waals surface area contributed by atoms with Crippen LogP contribution < -0.4 is 20.7 Å². The molecule has 2 aromatic carbocycles. The van der Waals surface area contributed by atoms with E-state index in [-0.39, 0.29) is 15.8 Å². The van der Waals surface area contributed by atoms with Crippen molar-refractivity contribution in [3.05, 3.63) is 73.5 Å². The van der Waals surface area contributed by atoms with E-state index < -0.39 is 11.2 Å². The molecule has 1 aromatic heterocycles. The first-order valence-corrected chi connectivity index (χ1v) is 7.73. The van der Waals surface area contributed by atoms with Crippen molar-refractivity contribution in [3.63, 3.8) is 0 Å². The number of methoxy groups -OCH3 is 1. The van der Waals surface area contributed by atoms with Gasteiger partial charge in [-0.1, -0.05) is 23.2 Å². The Bertz CT molecular complexity index is 1010. The average molecular weight is 380 g/mol. The van der Waals surface area contributed by atoms with Crippen LogP contribution >= 0.6 is 23.2 Å². The predicted octanol–water partition coefficient (Wildman–Crippen LogP) is 3.03. The summed E-state index contributed by atoms with van der Waals surface area (Å²) in [7, 11) is 1.56. The Morgan fingerprint density at radius 1 is 1.04 bits per heavy atom. The minimum absolute atomic E-state index is 0.179. The van der Waals surface area contributed by atoms with Crippen LogP contribution in [0.25, 0.3) is 5.69 Å². The summed E-state index contributed by atoms with van der Waals surface area (Å²) in [6.07, 6.45) is 0.977. The molecule has 1 heterocycles. The smallest absolute Gasteiger partial charge is 0.349 e. The highest BCUT2D eigenvalue weighted by atomic mass is 35.5. The second kappa shape index (κ2) is 7.00. The minimum Gasteiger partial charge on any atom is -0.497 e. The number of halogens is 2. The lowest BCUT2D eigenvalue weighted by molar-refractivity contribution is 0.413. The fourth-order valence-corrected chi connectivity index (χ4v) is 2.62. The van der Waals surface area contributed by atoms with Crippen molar-refractivity contribution < 1.29 is 9.47 Å². The zero-order valence-electron chi connectivity index (χ0n) is 12.8. The first-order chi connectivity index (χ1) is 12.0. The Labute approximate surface area is 151 Å². The van der Waals surface area contributed by atoms with Gasteiger partial charge in [0, 0.05) is 0 Å². The van der Waals surface area contributed by atoms with Gasteiger partial charge in [-0.15, -0.1) is 0 Å². The molecule has 0 amide bonds. The highest BCUT2D eigenvalue weighted by Gasteiger charge is 2.13. The molecule has 9 heteroatoms. The summed E-state index contributed by atoms with van der Waals surface area (Å²) in [6.45, 7) is 0. The number of nitrogens with zero attached hydrogens (tertiary/aromatic N) is 2. The normalized spacial score (nSPS) is 10.5. The van der Waals surface area contributed by atoms with E-state index in [0.717, 1.165) is 10.9 Å². The van der Waals surface area contributed by atoms with E-state index in [2.05, 4.69) is 10.1 Å². The standard InChI is InChI=1S/C16H11Cl2N3O4/c1-24-10-2-4-11(5-3-10)25-15-12(17)6-9(7-13(15)18)21-16(23)20-14(22)8-19-21/h2-8H,1H3,(H,20,22,23). The quantitative estimate of drug-likeness (QED) is 0.752. The van der Waals surface area contributed by atoms with Crippen LogP contribution in [-0.2, 0) is 0 Å². The molecule has 0 atom stereocenters. The SMILES string of the molecule is COc1ccc(Oc2c(Cl)cc(-n3ncc(=O)[nH]c3=O)cc2Cl)cc1. The van der Waals surface area contributed by atoms with Crippen LogP contribution in [-0.4, -0.2) is 21.9 Å². The predicted molar refractivity (Wildman–Crippen MR) is 93.5 cm³/mol. The maximum atomic E-state index is 11.8. The summed E-state index contributed by atoms with van der Waals surface area (Å²) in [5, 5.41) is 4.11. The monoisotopic (exact) mass is 379 g/mol. The Kier molecular flexibility index (Phi) is 4.78. The van der Waals surface area contributed by atoms with E-state index in [4.69, 9.17) is 32.7 Å². The van der Waals surface area contributed by atoms with Crippen molar-refractivity contribution in [1.29, 1.82) is 0 Å². The van der Waals surface area contributed by atoms with E-state index in [1.165, 1.54) is 12.1 Å². The summed E-state index contributed by atoms with van der Waals surface area (Å²) < 4.78 is 11.7. The molecule has 0 saturated carbocycles. The van der Waals surface area contributed by atoms with Crippen molar-refractivity contribution in [2.24, 2.45) is 0 Å². The molecule has 0 aliphatic rings. The fraction of sp³-hybridized carbons (Fsp3) is 0.0625. The van der Waals surface area contributed by atoms with Gasteiger partial charge in [0.15, 0.2) is 5.75 Å². The molecule has 0 aliphatic heterocycles. The van der Waals surface area contributed by atoms with Gasteiger partial charge in [-0.25, -0.2) is 4.79 Å². The average Bonchev–Trinajstić information content (AvgIpc) is 2.58. The summed E-state index contributed by atoms with van der Waals surface area (Å²) in [6, 6.07) is 9.78. The second-order valence-electron chi connectivity index (χ2n) is 4.87. The van der Waals surface area contributed by atoms with Gasteiger partial charge in [-0.3, -0.25) is 9.78 Å². The first kappa shape index (κ1) is 17.1. The lowest BCUT2D eigenvalue weighted by Gasteiger charge is -2.12. The topological polar surface area (TPSA) is 86.2 Å². The Balaban J connectivity index is 1.97. The third-order valence-corrected chi connectivity index (χ3v) is 3.78. The molecule has 0 saturated heterocycles. The number of aromatic nitrogens is 3. The lowest BCUT2D eigenvalue weighted by Crippen LogP contribution is -2.30. The summed E-state index contributed by atoms with van der Waals surface area (Å²) in [5.41, 5.74) is -1.01. The van der Waals surface area contributed by atoms with Crippen molar-refractivity contribution in [2.45, 2.75) is 0 Å². The fourth-order valence-electron chi connectivity index (χ4n) is 2.07. The third kappa shape index (κ3) is 3.67. The molecule has 0 bridgehead atoms. The molecule has 7 nitrogen and oxygen atoms in total. The second-order valence-corrected chi connectivity index (χ2v) is 5.68. The summed E-state index contributed by atoms with van der Waals surface area (Å²) in [5.74, 6) is 1.43. The zero-order valence-corrected chi connectivity index (χ0v) is 14.3. The maximum Gasteiger partial charge on any atom is 0.349 e. The third-order valence-electron chi connectivity index (χ3n) is 3.22. The van der Waals surface area contributed by atoms with Crippen LogP contribution in [0.4, 0.5) is 0 Å². The van der Waals surface area contributed by atoms with Gasteiger partial charge < -0.3 is 9.47 Å². The van der Waals surface area contributed by atoms with Crippen LogP contribution in [0.5, 0.6) is 17.2 Å². The Hall–Kier alpha value is -2.77. The molecule has 25 heavy (non-hydrogen) atoms. The van der Waals surface area contributed by atoms with Crippen molar-refractivity contribution in [2.75, 3.05) is 7.11 Å².